The third kappa shape index (κ3) is 2.93. The van der Waals surface area contributed by atoms with Crippen LogP contribution in [0.2, 0.25) is 0 Å². The number of ether oxygens (including phenoxy) is 1. The molecule has 4 rings (SSSR count). The summed E-state index contributed by atoms with van der Waals surface area (Å²) in [5.74, 6) is 0.634. The van der Waals surface area contributed by atoms with E-state index in [4.69, 9.17) is 4.74 Å². The van der Waals surface area contributed by atoms with Crippen molar-refractivity contribution < 1.29 is 9.53 Å². The lowest BCUT2D eigenvalue weighted by Crippen LogP contribution is -2.22. The van der Waals surface area contributed by atoms with Gasteiger partial charge in [-0.25, -0.2) is 0 Å². The molecule has 0 spiro atoms. The molecule has 0 radical (unpaired) electrons. The van der Waals surface area contributed by atoms with Gasteiger partial charge in [-0.3, -0.25) is 9.89 Å². The van der Waals surface area contributed by atoms with E-state index < -0.39 is 0 Å². The molecular weight excluding hydrogens is 328 g/mol. The number of para-hydroxylation sites is 1. The Morgan fingerprint density at radius 2 is 2.04 bits per heavy atom. The monoisotopic (exact) mass is 346 g/mol. The smallest absolute Gasteiger partial charge is 0.253 e. The van der Waals surface area contributed by atoms with Gasteiger partial charge in [-0.15, -0.1) is 0 Å². The van der Waals surface area contributed by atoms with Gasteiger partial charge in [0.2, 0.25) is 0 Å². The maximum Gasteiger partial charge on any atom is 0.253 e. The second-order valence-corrected chi connectivity index (χ2v) is 5.94. The van der Waals surface area contributed by atoms with E-state index in [1.807, 2.05) is 48.7 Å². The zero-order chi connectivity index (χ0) is 17.9. The molecule has 0 bridgehead atoms. The summed E-state index contributed by atoms with van der Waals surface area (Å²) in [5, 5.41) is 10.6. The SMILES string of the molecule is COc1ccccc1CNC(=O)c1c[nH]c2cc(-c3cn[nH]c3)ccc12. The predicted octanol–water partition coefficient (Wildman–Crippen LogP) is 3.50. The Morgan fingerprint density at radius 3 is 2.85 bits per heavy atom. The standard InChI is InChI=1S/C20H18N4O2/c1-26-19-5-3-2-4-14(19)9-22-20(25)17-12-21-18-8-13(6-7-16(17)18)15-10-23-24-11-15/h2-8,10-12,21H,9H2,1H3,(H,22,25)(H,23,24). The first-order valence-corrected chi connectivity index (χ1v) is 8.26. The van der Waals surface area contributed by atoms with Crippen molar-refractivity contribution in [1.29, 1.82) is 0 Å². The molecule has 0 aliphatic heterocycles. The van der Waals surface area contributed by atoms with E-state index in [-0.39, 0.29) is 5.91 Å². The lowest BCUT2D eigenvalue weighted by molar-refractivity contribution is 0.0952. The fourth-order valence-corrected chi connectivity index (χ4v) is 3.02. The number of amides is 1. The molecule has 2 heterocycles. The largest absolute Gasteiger partial charge is 0.496 e. The van der Waals surface area contributed by atoms with Crippen LogP contribution in [0.4, 0.5) is 0 Å². The predicted molar refractivity (Wildman–Crippen MR) is 100 cm³/mol. The summed E-state index contributed by atoms with van der Waals surface area (Å²) < 4.78 is 5.32. The summed E-state index contributed by atoms with van der Waals surface area (Å²) in [6.45, 7) is 0.405. The molecule has 2 aromatic carbocycles. The molecule has 2 aromatic heterocycles. The molecule has 0 aliphatic carbocycles. The number of carbonyl (C=O) groups excluding carboxylic acids is 1. The van der Waals surface area contributed by atoms with Crippen molar-refractivity contribution in [3.63, 3.8) is 0 Å². The average molecular weight is 346 g/mol. The molecule has 26 heavy (non-hydrogen) atoms. The summed E-state index contributed by atoms with van der Waals surface area (Å²) in [7, 11) is 1.62. The average Bonchev–Trinajstić information content (AvgIpc) is 3.35. The summed E-state index contributed by atoms with van der Waals surface area (Å²) in [6, 6.07) is 13.6. The van der Waals surface area contributed by atoms with Gasteiger partial charge in [-0.2, -0.15) is 5.10 Å². The molecule has 0 atom stereocenters. The summed E-state index contributed by atoms with van der Waals surface area (Å²) in [4.78, 5) is 15.8. The highest BCUT2D eigenvalue weighted by Crippen LogP contribution is 2.25. The zero-order valence-corrected chi connectivity index (χ0v) is 14.2. The molecule has 6 heteroatoms. The van der Waals surface area contributed by atoms with Crippen molar-refractivity contribution in [1.82, 2.24) is 20.5 Å². The highest BCUT2D eigenvalue weighted by Gasteiger charge is 2.13. The molecule has 130 valence electrons. The van der Waals surface area contributed by atoms with Crippen molar-refractivity contribution >= 4 is 16.8 Å². The maximum atomic E-state index is 12.6. The fraction of sp³-hybridized carbons (Fsp3) is 0.100. The first-order valence-electron chi connectivity index (χ1n) is 8.26. The van der Waals surface area contributed by atoms with E-state index in [1.165, 1.54) is 0 Å². The number of aromatic nitrogens is 3. The molecule has 1 amide bonds. The van der Waals surface area contributed by atoms with Gasteiger partial charge in [0.25, 0.3) is 5.91 Å². The van der Waals surface area contributed by atoms with Crippen LogP contribution in [0.25, 0.3) is 22.0 Å². The number of hydrogen-bond acceptors (Lipinski definition) is 3. The Balaban J connectivity index is 1.55. The van der Waals surface area contributed by atoms with Crippen LogP contribution in [-0.4, -0.2) is 28.2 Å². The van der Waals surface area contributed by atoms with E-state index in [0.717, 1.165) is 33.3 Å². The second-order valence-electron chi connectivity index (χ2n) is 5.94. The van der Waals surface area contributed by atoms with E-state index >= 15 is 0 Å². The highest BCUT2D eigenvalue weighted by atomic mass is 16.5. The second kappa shape index (κ2) is 6.76. The number of aromatic amines is 2. The number of benzene rings is 2. The minimum absolute atomic E-state index is 0.127. The van der Waals surface area contributed by atoms with Gasteiger partial charge in [0, 0.05) is 41.0 Å². The number of carbonyl (C=O) groups is 1. The number of rotatable bonds is 5. The molecule has 3 N–H and O–H groups in total. The molecule has 0 aliphatic rings. The van der Waals surface area contributed by atoms with Gasteiger partial charge in [0.15, 0.2) is 0 Å². The molecule has 6 nitrogen and oxygen atoms in total. The Kier molecular flexibility index (Phi) is 4.15. The fourth-order valence-electron chi connectivity index (χ4n) is 3.02. The summed E-state index contributed by atoms with van der Waals surface area (Å²) in [6.07, 6.45) is 5.34. The van der Waals surface area contributed by atoms with Crippen molar-refractivity contribution in [3.05, 3.63) is 72.2 Å². The van der Waals surface area contributed by atoms with Crippen LogP contribution < -0.4 is 10.1 Å². The van der Waals surface area contributed by atoms with Crippen LogP contribution >= 0.6 is 0 Å². The summed E-state index contributed by atoms with van der Waals surface area (Å²) in [5.41, 5.74) is 4.50. The molecule has 0 fully saturated rings. The number of nitrogens with one attached hydrogen (secondary N) is 3. The van der Waals surface area contributed by atoms with Gasteiger partial charge < -0.3 is 15.0 Å². The molecular formula is C20H18N4O2. The van der Waals surface area contributed by atoms with Gasteiger partial charge in [-0.1, -0.05) is 30.3 Å². The minimum atomic E-state index is -0.127. The van der Waals surface area contributed by atoms with Crippen molar-refractivity contribution in [2.45, 2.75) is 6.54 Å². The number of H-pyrrole nitrogens is 2. The van der Waals surface area contributed by atoms with Gasteiger partial charge in [-0.05, 0) is 17.7 Å². The van der Waals surface area contributed by atoms with Crippen LogP contribution in [0, 0.1) is 0 Å². The van der Waals surface area contributed by atoms with Crippen LogP contribution in [0.15, 0.2) is 61.1 Å². The normalized spacial score (nSPS) is 10.8. The summed E-state index contributed by atoms with van der Waals surface area (Å²) >= 11 is 0. The van der Waals surface area contributed by atoms with E-state index in [2.05, 4.69) is 20.5 Å². The van der Waals surface area contributed by atoms with Gasteiger partial charge >= 0.3 is 0 Å². The van der Waals surface area contributed by atoms with E-state index in [0.29, 0.717) is 12.1 Å². The minimum Gasteiger partial charge on any atom is -0.496 e. The Bertz CT molecular complexity index is 1050. The third-order valence-electron chi connectivity index (χ3n) is 4.39. The number of nitrogens with zero attached hydrogens (tertiary/aromatic N) is 1. The highest BCUT2D eigenvalue weighted by molar-refractivity contribution is 6.07. The maximum absolute atomic E-state index is 12.6. The quantitative estimate of drug-likeness (QED) is 0.517. The van der Waals surface area contributed by atoms with Crippen molar-refractivity contribution in [2.24, 2.45) is 0 Å². The Morgan fingerprint density at radius 1 is 1.15 bits per heavy atom. The Hall–Kier alpha value is -3.54. The molecule has 0 saturated carbocycles. The van der Waals surface area contributed by atoms with E-state index in [9.17, 15) is 4.79 Å². The number of methoxy groups -OCH3 is 1. The topological polar surface area (TPSA) is 82.8 Å². The third-order valence-corrected chi connectivity index (χ3v) is 4.39. The number of fused-ring (bicyclic) bond motifs is 1. The van der Waals surface area contributed by atoms with Gasteiger partial charge in [0.05, 0.1) is 18.9 Å². The van der Waals surface area contributed by atoms with Crippen LogP contribution in [0.5, 0.6) is 5.75 Å². The number of hydrogen-bond donors (Lipinski definition) is 3. The molecule has 0 saturated heterocycles. The lowest BCUT2D eigenvalue weighted by Gasteiger charge is -2.09. The molecule has 4 aromatic rings. The van der Waals surface area contributed by atoms with Crippen LogP contribution in [0.1, 0.15) is 15.9 Å². The zero-order valence-electron chi connectivity index (χ0n) is 14.2. The van der Waals surface area contributed by atoms with Gasteiger partial charge in [0.1, 0.15) is 5.75 Å². The van der Waals surface area contributed by atoms with E-state index in [1.54, 1.807) is 19.5 Å². The molecule has 0 unspecified atom stereocenters. The lowest BCUT2D eigenvalue weighted by atomic mass is 10.1. The van der Waals surface area contributed by atoms with Crippen molar-refractivity contribution in [3.8, 4) is 16.9 Å². The Labute approximate surface area is 150 Å². The first-order chi connectivity index (χ1) is 12.8. The first kappa shape index (κ1) is 16.0. The van der Waals surface area contributed by atoms with Crippen molar-refractivity contribution in [2.75, 3.05) is 7.11 Å². The van der Waals surface area contributed by atoms with Crippen LogP contribution in [-0.2, 0) is 6.54 Å². The van der Waals surface area contributed by atoms with Crippen LogP contribution in [0.3, 0.4) is 0 Å².